The van der Waals surface area contributed by atoms with Crippen LogP contribution in [0.3, 0.4) is 0 Å². The molecule has 1 aliphatic carbocycles. The molecular weight excluding hydrogens is 249 g/mol. The summed E-state index contributed by atoms with van der Waals surface area (Å²) in [6.07, 6.45) is 7.86. The molecule has 18 heavy (non-hydrogen) atoms. The average molecular weight is 270 g/mol. The molecule has 0 heterocycles. The molecule has 1 unspecified atom stereocenters. The van der Waals surface area contributed by atoms with Gasteiger partial charge >= 0.3 is 0 Å². The monoisotopic (exact) mass is 269 g/mol. The minimum absolute atomic E-state index is 0.219. The lowest BCUT2D eigenvalue weighted by atomic mass is 9.83. The van der Waals surface area contributed by atoms with Crippen molar-refractivity contribution in [3.8, 4) is 0 Å². The van der Waals surface area contributed by atoms with Crippen molar-refractivity contribution in [3.63, 3.8) is 0 Å². The lowest BCUT2D eigenvalue weighted by Crippen LogP contribution is -2.21. The van der Waals surface area contributed by atoms with Crippen molar-refractivity contribution in [2.24, 2.45) is 5.92 Å². The third kappa shape index (κ3) is 3.46. The molecule has 0 aromatic heterocycles. The van der Waals surface area contributed by atoms with Gasteiger partial charge in [-0.05, 0) is 37.1 Å². The first-order valence-electron chi connectivity index (χ1n) is 6.83. The summed E-state index contributed by atoms with van der Waals surface area (Å²) in [5.74, 6) is 0.452. The third-order valence-corrected chi connectivity index (χ3v) is 4.28. The Morgan fingerprint density at radius 3 is 2.67 bits per heavy atom. The van der Waals surface area contributed by atoms with Gasteiger partial charge in [0.2, 0.25) is 0 Å². The molecule has 2 rings (SSSR count). The summed E-state index contributed by atoms with van der Waals surface area (Å²) in [5.41, 5.74) is 1.09. The van der Waals surface area contributed by atoms with Crippen molar-refractivity contribution in [1.29, 1.82) is 0 Å². The standard InChI is InChI=1S/C15H21ClFN/c1-18-15(9-11-5-3-2-4-6-11)12-7-8-14(17)13(16)10-12/h7-8,10-11,15,18H,2-6,9H2,1H3. The Kier molecular flexibility index (Phi) is 5.02. The fourth-order valence-electron chi connectivity index (χ4n) is 2.91. The van der Waals surface area contributed by atoms with Crippen LogP contribution >= 0.6 is 11.6 Å². The zero-order chi connectivity index (χ0) is 13.0. The van der Waals surface area contributed by atoms with Gasteiger partial charge in [-0.25, -0.2) is 4.39 Å². The molecule has 1 nitrogen and oxygen atoms in total. The lowest BCUT2D eigenvalue weighted by molar-refractivity contribution is 0.305. The summed E-state index contributed by atoms with van der Waals surface area (Å²) in [6, 6.07) is 5.33. The molecule has 1 fully saturated rings. The van der Waals surface area contributed by atoms with Gasteiger partial charge in [-0.2, -0.15) is 0 Å². The zero-order valence-electron chi connectivity index (χ0n) is 10.9. The number of nitrogens with one attached hydrogen (secondary N) is 1. The fraction of sp³-hybridized carbons (Fsp3) is 0.600. The molecule has 1 aromatic rings. The second-order valence-electron chi connectivity index (χ2n) is 5.25. The molecule has 100 valence electrons. The van der Waals surface area contributed by atoms with E-state index in [1.54, 1.807) is 6.07 Å². The molecule has 1 aromatic carbocycles. The maximum Gasteiger partial charge on any atom is 0.141 e. The number of benzene rings is 1. The highest BCUT2D eigenvalue weighted by molar-refractivity contribution is 6.30. The summed E-state index contributed by atoms with van der Waals surface area (Å²) in [7, 11) is 1.96. The SMILES string of the molecule is CNC(CC1CCCCC1)c1ccc(F)c(Cl)c1. The van der Waals surface area contributed by atoms with Crippen molar-refractivity contribution < 1.29 is 4.39 Å². The highest BCUT2D eigenvalue weighted by atomic mass is 35.5. The van der Waals surface area contributed by atoms with Crippen LogP contribution in [0.15, 0.2) is 18.2 Å². The van der Waals surface area contributed by atoms with Gasteiger partial charge in [0.25, 0.3) is 0 Å². The van der Waals surface area contributed by atoms with Gasteiger partial charge in [-0.1, -0.05) is 49.8 Å². The van der Waals surface area contributed by atoms with Gasteiger partial charge < -0.3 is 5.32 Å². The van der Waals surface area contributed by atoms with Crippen LogP contribution in [0, 0.1) is 11.7 Å². The van der Waals surface area contributed by atoms with Crippen molar-refractivity contribution >= 4 is 11.6 Å². The molecule has 0 aliphatic heterocycles. The summed E-state index contributed by atoms with van der Waals surface area (Å²) in [4.78, 5) is 0. The van der Waals surface area contributed by atoms with E-state index in [4.69, 9.17) is 11.6 Å². The molecule has 0 bridgehead atoms. The Bertz CT molecular complexity index is 388. The maximum atomic E-state index is 13.2. The minimum atomic E-state index is -0.340. The van der Waals surface area contributed by atoms with E-state index in [-0.39, 0.29) is 16.9 Å². The number of hydrogen-bond acceptors (Lipinski definition) is 1. The van der Waals surface area contributed by atoms with Crippen LogP contribution in [0.4, 0.5) is 4.39 Å². The molecule has 0 amide bonds. The first kappa shape index (κ1) is 13.8. The highest BCUT2D eigenvalue weighted by Crippen LogP contribution is 2.32. The van der Waals surface area contributed by atoms with Crippen molar-refractivity contribution in [2.45, 2.75) is 44.6 Å². The molecule has 1 aliphatic rings. The van der Waals surface area contributed by atoms with Gasteiger partial charge in [-0.3, -0.25) is 0 Å². The van der Waals surface area contributed by atoms with Gasteiger partial charge in [-0.15, -0.1) is 0 Å². The first-order chi connectivity index (χ1) is 8.70. The Hall–Kier alpha value is -0.600. The second kappa shape index (κ2) is 6.53. The molecule has 1 saturated carbocycles. The van der Waals surface area contributed by atoms with E-state index >= 15 is 0 Å². The van der Waals surface area contributed by atoms with E-state index in [1.165, 1.54) is 38.2 Å². The number of halogens is 2. The van der Waals surface area contributed by atoms with E-state index < -0.39 is 0 Å². The van der Waals surface area contributed by atoms with Crippen LogP contribution in [0.25, 0.3) is 0 Å². The normalized spacial score (nSPS) is 18.8. The van der Waals surface area contributed by atoms with Crippen molar-refractivity contribution in [2.75, 3.05) is 7.05 Å². The maximum absolute atomic E-state index is 13.2. The molecule has 0 spiro atoms. The molecule has 0 radical (unpaired) electrons. The van der Waals surface area contributed by atoms with Crippen LogP contribution in [-0.4, -0.2) is 7.05 Å². The van der Waals surface area contributed by atoms with Crippen LogP contribution in [0.1, 0.15) is 50.1 Å². The average Bonchev–Trinajstić information content (AvgIpc) is 2.40. The van der Waals surface area contributed by atoms with Gasteiger partial charge in [0.1, 0.15) is 5.82 Å². The number of rotatable bonds is 4. The summed E-state index contributed by atoms with van der Waals surface area (Å²) in [6.45, 7) is 0. The van der Waals surface area contributed by atoms with Crippen molar-refractivity contribution in [3.05, 3.63) is 34.6 Å². The molecule has 3 heteroatoms. The van der Waals surface area contributed by atoms with Gasteiger partial charge in [0.15, 0.2) is 0 Å². The van der Waals surface area contributed by atoms with Gasteiger partial charge in [0.05, 0.1) is 5.02 Å². The largest absolute Gasteiger partial charge is 0.313 e. The second-order valence-corrected chi connectivity index (χ2v) is 5.66. The van der Waals surface area contributed by atoms with Crippen LogP contribution < -0.4 is 5.32 Å². The smallest absolute Gasteiger partial charge is 0.141 e. The van der Waals surface area contributed by atoms with E-state index in [0.29, 0.717) is 0 Å². The highest BCUT2D eigenvalue weighted by Gasteiger charge is 2.19. The van der Waals surface area contributed by atoms with E-state index in [9.17, 15) is 4.39 Å². The summed E-state index contributed by atoms with van der Waals surface area (Å²) < 4.78 is 13.2. The summed E-state index contributed by atoms with van der Waals surface area (Å²) in [5, 5.41) is 3.55. The molecular formula is C15H21ClFN. The predicted molar refractivity (Wildman–Crippen MR) is 74.4 cm³/mol. The molecule has 0 saturated heterocycles. The quantitative estimate of drug-likeness (QED) is 0.835. The Balaban J connectivity index is 2.04. The fourth-order valence-corrected chi connectivity index (χ4v) is 3.09. The number of hydrogen-bond donors (Lipinski definition) is 1. The molecule has 1 N–H and O–H groups in total. The zero-order valence-corrected chi connectivity index (χ0v) is 11.6. The Morgan fingerprint density at radius 1 is 1.33 bits per heavy atom. The first-order valence-corrected chi connectivity index (χ1v) is 7.20. The van der Waals surface area contributed by atoms with E-state index in [1.807, 2.05) is 13.1 Å². The van der Waals surface area contributed by atoms with E-state index in [2.05, 4.69) is 5.32 Å². The topological polar surface area (TPSA) is 12.0 Å². The third-order valence-electron chi connectivity index (χ3n) is 3.99. The minimum Gasteiger partial charge on any atom is -0.313 e. The summed E-state index contributed by atoms with van der Waals surface area (Å²) >= 11 is 5.85. The predicted octanol–water partition coefficient (Wildman–Crippen LogP) is 4.71. The van der Waals surface area contributed by atoms with Crippen LogP contribution in [-0.2, 0) is 0 Å². The lowest BCUT2D eigenvalue weighted by Gasteiger charge is -2.26. The van der Waals surface area contributed by atoms with E-state index in [0.717, 1.165) is 17.9 Å². The van der Waals surface area contributed by atoms with Crippen molar-refractivity contribution in [1.82, 2.24) is 5.32 Å². The Morgan fingerprint density at radius 2 is 2.06 bits per heavy atom. The van der Waals surface area contributed by atoms with Crippen LogP contribution in [0.5, 0.6) is 0 Å². The van der Waals surface area contributed by atoms with Gasteiger partial charge in [0, 0.05) is 6.04 Å². The Labute approximate surface area is 114 Å². The van der Waals surface area contributed by atoms with Crippen LogP contribution in [0.2, 0.25) is 5.02 Å². The molecule has 1 atom stereocenters.